The zero-order chi connectivity index (χ0) is 20.4. The molecule has 0 radical (unpaired) electrons. The van der Waals surface area contributed by atoms with Crippen molar-refractivity contribution in [3.8, 4) is 0 Å². The monoisotopic (exact) mass is 393 g/mol. The molecule has 1 fully saturated rings. The number of hydrogen-bond donors (Lipinski definition) is 3. The van der Waals surface area contributed by atoms with Crippen LogP contribution in [0.2, 0.25) is 0 Å². The third kappa shape index (κ3) is 3.91. The highest BCUT2D eigenvalue weighted by atomic mass is 19.1. The molecule has 0 spiro atoms. The smallest absolute Gasteiger partial charge is 0.250 e. The quantitative estimate of drug-likeness (QED) is 0.574. The van der Waals surface area contributed by atoms with E-state index in [4.69, 9.17) is 5.73 Å². The van der Waals surface area contributed by atoms with E-state index in [-0.39, 0.29) is 17.8 Å². The van der Waals surface area contributed by atoms with Crippen LogP contribution in [0.4, 0.5) is 10.2 Å². The van der Waals surface area contributed by atoms with Gasteiger partial charge in [-0.15, -0.1) is 0 Å². The molecule has 1 unspecified atom stereocenters. The first-order valence-corrected chi connectivity index (χ1v) is 9.89. The van der Waals surface area contributed by atoms with Crippen LogP contribution in [0.1, 0.15) is 41.0 Å². The van der Waals surface area contributed by atoms with Gasteiger partial charge in [0.15, 0.2) is 0 Å². The van der Waals surface area contributed by atoms with Crippen molar-refractivity contribution in [2.75, 3.05) is 18.4 Å². The standard InChI is InChI=1S/C22H24FN5O/c1-2-19-27-20-15(21(24)29)7-4-8-16(20)22(28-19)26-12-17(18-9-10-25-18)13-5-3-6-14(23)11-13/h3-8,11,17-18,25H,2,9-10,12H2,1H3,(H2,24,29)(H,26,27,28)/t17-,18?/m0/s1. The van der Waals surface area contributed by atoms with Crippen LogP contribution in [0.3, 0.4) is 0 Å². The molecule has 0 bridgehead atoms. The molecular formula is C22H24FN5O. The number of nitrogens with one attached hydrogen (secondary N) is 2. The lowest BCUT2D eigenvalue weighted by Gasteiger charge is -2.36. The molecule has 4 rings (SSSR count). The van der Waals surface area contributed by atoms with Crippen molar-refractivity contribution in [2.24, 2.45) is 5.73 Å². The van der Waals surface area contributed by atoms with Gasteiger partial charge >= 0.3 is 0 Å². The summed E-state index contributed by atoms with van der Waals surface area (Å²) >= 11 is 0. The van der Waals surface area contributed by atoms with E-state index in [0.717, 1.165) is 23.9 Å². The van der Waals surface area contributed by atoms with Gasteiger partial charge in [-0.1, -0.05) is 25.1 Å². The maximum atomic E-state index is 13.8. The second-order valence-electron chi connectivity index (χ2n) is 7.30. The zero-order valence-electron chi connectivity index (χ0n) is 16.3. The Morgan fingerprint density at radius 1 is 1.31 bits per heavy atom. The lowest BCUT2D eigenvalue weighted by molar-refractivity contribution is 0.100. The van der Waals surface area contributed by atoms with Crippen LogP contribution >= 0.6 is 0 Å². The summed E-state index contributed by atoms with van der Waals surface area (Å²) in [6.45, 7) is 3.51. The average Bonchev–Trinajstić information content (AvgIpc) is 2.68. The van der Waals surface area contributed by atoms with Gasteiger partial charge < -0.3 is 16.4 Å². The molecule has 1 amide bonds. The second-order valence-corrected chi connectivity index (χ2v) is 7.30. The molecule has 0 aliphatic carbocycles. The van der Waals surface area contributed by atoms with Gasteiger partial charge in [0.05, 0.1) is 11.1 Å². The van der Waals surface area contributed by atoms with E-state index in [1.165, 1.54) is 6.07 Å². The number of aryl methyl sites for hydroxylation is 1. The second kappa shape index (κ2) is 8.13. The van der Waals surface area contributed by atoms with Crippen LogP contribution in [-0.2, 0) is 6.42 Å². The Morgan fingerprint density at radius 3 is 2.76 bits per heavy atom. The molecule has 1 aliphatic heterocycles. The number of fused-ring (bicyclic) bond motifs is 1. The first kappa shape index (κ1) is 19.3. The number of halogens is 1. The minimum Gasteiger partial charge on any atom is -0.369 e. The third-order valence-electron chi connectivity index (χ3n) is 5.47. The summed E-state index contributed by atoms with van der Waals surface area (Å²) in [4.78, 5) is 21.0. The average molecular weight is 393 g/mol. The number of nitrogens with zero attached hydrogens (tertiary/aromatic N) is 2. The fraction of sp³-hybridized carbons (Fsp3) is 0.318. The van der Waals surface area contributed by atoms with Crippen molar-refractivity contribution >= 4 is 22.6 Å². The highest BCUT2D eigenvalue weighted by molar-refractivity contribution is 6.07. The lowest BCUT2D eigenvalue weighted by atomic mass is 9.85. The third-order valence-corrected chi connectivity index (χ3v) is 5.47. The van der Waals surface area contributed by atoms with E-state index in [1.807, 2.05) is 19.1 Å². The van der Waals surface area contributed by atoms with Crippen LogP contribution in [-0.4, -0.2) is 35.0 Å². The van der Waals surface area contributed by atoms with E-state index < -0.39 is 5.91 Å². The van der Waals surface area contributed by atoms with Gasteiger partial charge in [0.25, 0.3) is 5.91 Å². The Labute approximate surface area is 168 Å². The molecule has 4 N–H and O–H groups in total. The predicted molar refractivity (Wildman–Crippen MR) is 111 cm³/mol. The highest BCUT2D eigenvalue weighted by Crippen LogP contribution is 2.29. The maximum Gasteiger partial charge on any atom is 0.250 e. The number of amides is 1. The number of rotatable bonds is 7. The van der Waals surface area contributed by atoms with Gasteiger partial charge in [0.1, 0.15) is 17.5 Å². The largest absolute Gasteiger partial charge is 0.369 e. The van der Waals surface area contributed by atoms with Crippen molar-refractivity contribution in [1.82, 2.24) is 15.3 Å². The van der Waals surface area contributed by atoms with Crippen molar-refractivity contribution in [3.05, 3.63) is 65.2 Å². The molecular weight excluding hydrogens is 369 g/mol. The van der Waals surface area contributed by atoms with Crippen molar-refractivity contribution in [2.45, 2.75) is 31.7 Å². The van der Waals surface area contributed by atoms with Crippen LogP contribution in [0, 0.1) is 5.82 Å². The Kier molecular flexibility index (Phi) is 5.40. The Balaban J connectivity index is 1.69. The number of primary amides is 1. The fourth-order valence-corrected chi connectivity index (χ4v) is 3.78. The number of carbonyl (C=O) groups is 1. The van der Waals surface area contributed by atoms with E-state index in [1.54, 1.807) is 24.3 Å². The summed E-state index contributed by atoms with van der Waals surface area (Å²) in [6.07, 6.45) is 1.68. The number of anilines is 1. The SMILES string of the molecule is CCc1nc(NC[C@@H](c2cccc(F)c2)C2CCN2)c2cccc(C(N)=O)c2n1. The first-order valence-electron chi connectivity index (χ1n) is 9.89. The molecule has 29 heavy (non-hydrogen) atoms. The molecule has 7 heteroatoms. The predicted octanol–water partition coefficient (Wildman–Crippen LogP) is 2.99. The summed E-state index contributed by atoms with van der Waals surface area (Å²) in [6, 6.07) is 12.4. The van der Waals surface area contributed by atoms with Crippen molar-refractivity contribution < 1.29 is 9.18 Å². The number of nitrogens with two attached hydrogens (primary N) is 1. The number of aromatic nitrogens is 2. The van der Waals surface area contributed by atoms with Crippen LogP contribution in [0.5, 0.6) is 0 Å². The highest BCUT2D eigenvalue weighted by Gasteiger charge is 2.28. The number of para-hydroxylation sites is 1. The first-order chi connectivity index (χ1) is 14.1. The van der Waals surface area contributed by atoms with Crippen molar-refractivity contribution in [1.29, 1.82) is 0 Å². The van der Waals surface area contributed by atoms with Crippen LogP contribution < -0.4 is 16.4 Å². The van der Waals surface area contributed by atoms with Gasteiger partial charge in [-0.25, -0.2) is 14.4 Å². The fourth-order valence-electron chi connectivity index (χ4n) is 3.78. The van der Waals surface area contributed by atoms with E-state index in [2.05, 4.69) is 20.6 Å². The Morgan fingerprint density at radius 2 is 2.10 bits per heavy atom. The van der Waals surface area contributed by atoms with E-state index in [0.29, 0.717) is 35.7 Å². The molecule has 1 saturated heterocycles. The van der Waals surface area contributed by atoms with Crippen LogP contribution in [0.25, 0.3) is 10.9 Å². The molecule has 2 aromatic carbocycles. The van der Waals surface area contributed by atoms with Gasteiger partial charge in [0, 0.05) is 30.3 Å². The molecule has 3 aromatic rings. The summed E-state index contributed by atoms with van der Waals surface area (Å²) in [5, 5.41) is 7.61. The molecule has 0 saturated carbocycles. The van der Waals surface area contributed by atoms with Gasteiger partial charge in [-0.3, -0.25) is 4.79 Å². The molecule has 1 aliphatic rings. The van der Waals surface area contributed by atoms with Gasteiger partial charge in [-0.2, -0.15) is 0 Å². The molecule has 2 atom stereocenters. The molecule has 2 heterocycles. The minimum absolute atomic E-state index is 0.0915. The molecule has 6 nitrogen and oxygen atoms in total. The lowest BCUT2D eigenvalue weighted by Crippen LogP contribution is -2.48. The normalized spacial score (nSPS) is 17.0. The number of carbonyl (C=O) groups excluding carboxylic acids is 1. The number of hydrogen-bond acceptors (Lipinski definition) is 5. The topological polar surface area (TPSA) is 92.9 Å². The zero-order valence-corrected chi connectivity index (χ0v) is 16.3. The molecule has 150 valence electrons. The minimum atomic E-state index is -0.515. The summed E-state index contributed by atoms with van der Waals surface area (Å²) in [5.41, 5.74) is 7.42. The van der Waals surface area contributed by atoms with E-state index >= 15 is 0 Å². The Bertz CT molecular complexity index is 1050. The van der Waals surface area contributed by atoms with E-state index in [9.17, 15) is 9.18 Å². The van der Waals surface area contributed by atoms with Crippen molar-refractivity contribution in [3.63, 3.8) is 0 Å². The summed E-state index contributed by atoms with van der Waals surface area (Å²) in [5.74, 6) is 0.639. The summed E-state index contributed by atoms with van der Waals surface area (Å²) < 4.78 is 13.8. The Hall–Kier alpha value is -3.06. The van der Waals surface area contributed by atoms with Crippen LogP contribution in [0.15, 0.2) is 42.5 Å². The summed E-state index contributed by atoms with van der Waals surface area (Å²) in [7, 11) is 0. The maximum absolute atomic E-state index is 13.8. The number of benzene rings is 2. The van der Waals surface area contributed by atoms with Gasteiger partial charge in [0.2, 0.25) is 0 Å². The van der Waals surface area contributed by atoms with Gasteiger partial charge in [-0.05, 0) is 42.8 Å². The molecule has 1 aromatic heterocycles.